The predicted octanol–water partition coefficient (Wildman–Crippen LogP) is 13.4. The Kier molecular flexibility index (Phi) is 7.88. The van der Waals surface area contributed by atoms with Crippen LogP contribution >= 0.6 is 0 Å². The molecule has 0 saturated carbocycles. The highest BCUT2D eigenvalue weighted by Crippen LogP contribution is 2.40. The van der Waals surface area contributed by atoms with Gasteiger partial charge in [0.1, 0.15) is 11.2 Å². The van der Waals surface area contributed by atoms with Crippen LogP contribution in [0.25, 0.3) is 71.8 Å². The van der Waals surface area contributed by atoms with Crippen molar-refractivity contribution >= 4 is 50.0 Å². The van der Waals surface area contributed by atoms with Crippen molar-refractivity contribution in [3.8, 4) is 33.4 Å². The van der Waals surface area contributed by atoms with Crippen molar-refractivity contribution in [2.75, 3.05) is 0 Å². The number of furan rings is 1. The molecular formula is C51H34N2O. The minimum atomic E-state index is 0.641. The predicted molar refractivity (Wildman–Crippen MR) is 226 cm³/mol. The van der Waals surface area contributed by atoms with E-state index in [1.54, 1.807) is 0 Å². The molecule has 3 nitrogen and oxygen atoms in total. The van der Waals surface area contributed by atoms with E-state index in [1.165, 1.54) is 27.5 Å². The van der Waals surface area contributed by atoms with Gasteiger partial charge in [0.25, 0.3) is 0 Å². The first kappa shape index (κ1) is 31.6. The molecule has 0 fully saturated rings. The lowest BCUT2D eigenvalue weighted by Crippen LogP contribution is -2.07. The van der Waals surface area contributed by atoms with Crippen LogP contribution in [0.3, 0.4) is 0 Å². The summed E-state index contributed by atoms with van der Waals surface area (Å²) in [6.45, 7) is 0. The van der Waals surface area contributed by atoms with E-state index in [2.05, 4.69) is 170 Å². The van der Waals surface area contributed by atoms with Crippen LogP contribution in [0, 0.1) is 0 Å². The Balaban J connectivity index is 1.13. The number of para-hydroxylation sites is 1. The Bertz CT molecular complexity index is 2920. The summed E-state index contributed by atoms with van der Waals surface area (Å²) in [7, 11) is 0. The third-order valence-electron chi connectivity index (χ3n) is 10.4. The third kappa shape index (κ3) is 5.82. The molecule has 0 amide bonds. The van der Waals surface area contributed by atoms with Gasteiger partial charge in [-0.15, -0.1) is 0 Å². The monoisotopic (exact) mass is 690 g/mol. The van der Waals surface area contributed by atoms with E-state index >= 15 is 0 Å². The summed E-state index contributed by atoms with van der Waals surface area (Å²) in [5, 5.41) is 4.45. The van der Waals surface area contributed by atoms with E-state index in [-0.39, 0.29) is 0 Å². The number of benzene rings is 8. The fourth-order valence-corrected chi connectivity index (χ4v) is 7.62. The van der Waals surface area contributed by atoms with E-state index in [0.29, 0.717) is 12.3 Å². The van der Waals surface area contributed by atoms with E-state index < -0.39 is 0 Å². The molecule has 0 unspecified atom stereocenters. The first-order chi connectivity index (χ1) is 26.7. The second kappa shape index (κ2) is 13.5. The number of hydrogen-bond donors (Lipinski definition) is 0. The number of hydrogen-bond acceptors (Lipinski definition) is 3. The van der Waals surface area contributed by atoms with Crippen LogP contribution in [0.2, 0.25) is 0 Å². The lowest BCUT2D eigenvalue weighted by Gasteiger charge is -2.14. The summed E-state index contributed by atoms with van der Waals surface area (Å²) in [5.74, 6) is 0.665. The van der Waals surface area contributed by atoms with Crippen LogP contribution in [0.15, 0.2) is 209 Å². The van der Waals surface area contributed by atoms with Crippen LogP contribution in [0.5, 0.6) is 0 Å². The molecule has 8 aromatic carbocycles. The van der Waals surface area contributed by atoms with Crippen molar-refractivity contribution in [1.29, 1.82) is 0 Å². The second-order valence-corrected chi connectivity index (χ2v) is 13.7. The van der Waals surface area contributed by atoms with E-state index in [4.69, 9.17) is 14.4 Å². The number of amidine groups is 1. The molecule has 9 aromatic rings. The summed E-state index contributed by atoms with van der Waals surface area (Å²) in [6.07, 6.45) is 2.86. The fourth-order valence-electron chi connectivity index (χ4n) is 7.62. The van der Waals surface area contributed by atoms with E-state index in [0.717, 1.165) is 66.7 Å². The highest BCUT2D eigenvalue weighted by molar-refractivity contribution is 6.25. The van der Waals surface area contributed by atoms with Gasteiger partial charge in [-0.25, -0.2) is 9.98 Å². The molecule has 1 aliphatic heterocycles. The van der Waals surface area contributed by atoms with E-state index in [9.17, 15) is 0 Å². The summed E-state index contributed by atoms with van der Waals surface area (Å²) >= 11 is 0. The minimum Gasteiger partial charge on any atom is -0.456 e. The van der Waals surface area contributed by atoms with Gasteiger partial charge >= 0.3 is 0 Å². The normalized spacial score (nSPS) is 13.1. The molecule has 0 N–H and O–H groups in total. The lowest BCUT2D eigenvalue weighted by atomic mass is 9.93. The minimum absolute atomic E-state index is 0.641. The van der Waals surface area contributed by atoms with Crippen LogP contribution < -0.4 is 0 Å². The molecule has 2 heterocycles. The topological polar surface area (TPSA) is 37.9 Å². The average molecular weight is 691 g/mol. The zero-order valence-corrected chi connectivity index (χ0v) is 29.5. The van der Waals surface area contributed by atoms with Gasteiger partial charge in [0.2, 0.25) is 0 Å². The van der Waals surface area contributed by atoms with Crippen molar-refractivity contribution in [3.63, 3.8) is 0 Å². The number of fused-ring (bicyclic) bond motifs is 4. The number of allylic oxidation sites excluding steroid dienone is 1. The maximum atomic E-state index is 6.47. The largest absolute Gasteiger partial charge is 0.456 e. The highest BCUT2D eigenvalue weighted by Gasteiger charge is 2.23. The van der Waals surface area contributed by atoms with Gasteiger partial charge in [-0.3, -0.25) is 0 Å². The Labute approximate surface area is 313 Å². The molecule has 1 aromatic heterocycles. The standard InChI is InChI=1S/C51H34N2O/c1-3-11-34(12-4-1)36-19-21-37(22-20-36)38-23-26-40(27-24-38)46-31-30-45(39-14-5-2-6-15-39)52-51(53-46)50-43(42-28-25-35-13-7-8-16-41(35)33-42)29-32-48-49(50)44-17-9-10-18-47(44)54-48/h1-29,31-33H,30H2. The smallest absolute Gasteiger partial charge is 0.161 e. The highest BCUT2D eigenvalue weighted by atomic mass is 16.3. The second-order valence-electron chi connectivity index (χ2n) is 13.7. The molecule has 0 saturated heterocycles. The number of rotatable bonds is 6. The maximum absolute atomic E-state index is 6.47. The van der Waals surface area contributed by atoms with Crippen molar-refractivity contribution in [3.05, 3.63) is 211 Å². The molecule has 3 heteroatoms. The van der Waals surface area contributed by atoms with Gasteiger partial charge in [-0.1, -0.05) is 170 Å². The van der Waals surface area contributed by atoms with Gasteiger partial charge in [0, 0.05) is 22.8 Å². The number of nitrogens with zero attached hydrogens (tertiary/aromatic N) is 2. The summed E-state index contributed by atoms with van der Waals surface area (Å²) < 4.78 is 6.47. The zero-order valence-electron chi connectivity index (χ0n) is 29.5. The van der Waals surface area contributed by atoms with Gasteiger partial charge in [-0.2, -0.15) is 0 Å². The number of aliphatic imine (C=N–C) groups is 2. The molecule has 254 valence electrons. The fraction of sp³-hybridized carbons (Fsp3) is 0.0196. The van der Waals surface area contributed by atoms with E-state index in [1.807, 2.05) is 24.3 Å². The van der Waals surface area contributed by atoms with Crippen molar-refractivity contribution in [1.82, 2.24) is 0 Å². The van der Waals surface area contributed by atoms with Gasteiger partial charge in [-0.05, 0) is 79.5 Å². The summed E-state index contributed by atoms with van der Waals surface area (Å²) in [5.41, 5.74) is 13.5. The molecule has 0 radical (unpaired) electrons. The average Bonchev–Trinajstić information content (AvgIpc) is 3.48. The summed E-state index contributed by atoms with van der Waals surface area (Å²) in [6, 6.07) is 66.1. The SMILES string of the molecule is C1=C(c2ccc(-c3ccc(-c4ccccc4)cc3)cc2)N=C(c2c(-c3ccc4ccccc4c3)ccc3oc4ccccc4c23)N=C(c2ccccc2)C1. The third-order valence-corrected chi connectivity index (χ3v) is 10.4. The molecule has 54 heavy (non-hydrogen) atoms. The van der Waals surface area contributed by atoms with Crippen LogP contribution in [-0.4, -0.2) is 11.5 Å². The first-order valence-electron chi connectivity index (χ1n) is 18.4. The summed E-state index contributed by atoms with van der Waals surface area (Å²) in [4.78, 5) is 10.9. The molecule has 0 bridgehead atoms. The first-order valence-corrected chi connectivity index (χ1v) is 18.4. The Morgan fingerprint density at radius 1 is 0.407 bits per heavy atom. The Hall–Kier alpha value is -7.10. The molecule has 0 aliphatic carbocycles. The Morgan fingerprint density at radius 3 is 1.70 bits per heavy atom. The quantitative estimate of drug-likeness (QED) is 0.171. The van der Waals surface area contributed by atoms with Crippen molar-refractivity contribution in [2.45, 2.75) is 6.42 Å². The molecule has 10 rings (SSSR count). The molecule has 1 aliphatic rings. The van der Waals surface area contributed by atoms with Gasteiger partial charge in [0.15, 0.2) is 5.84 Å². The molecular weight excluding hydrogens is 657 g/mol. The maximum Gasteiger partial charge on any atom is 0.161 e. The van der Waals surface area contributed by atoms with Crippen LogP contribution in [0.4, 0.5) is 0 Å². The van der Waals surface area contributed by atoms with Crippen LogP contribution in [-0.2, 0) is 0 Å². The van der Waals surface area contributed by atoms with Gasteiger partial charge < -0.3 is 4.42 Å². The van der Waals surface area contributed by atoms with Gasteiger partial charge in [0.05, 0.1) is 11.4 Å². The molecule has 0 spiro atoms. The molecule has 0 atom stereocenters. The van der Waals surface area contributed by atoms with Crippen molar-refractivity contribution in [2.24, 2.45) is 9.98 Å². The van der Waals surface area contributed by atoms with Crippen molar-refractivity contribution < 1.29 is 4.42 Å². The Morgan fingerprint density at radius 2 is 0.981 bits per heavy atom. The van der Waals surface area contributed by atoms with Crippen LogP contribution in [0.1, 0.15) is 23.1 Å². The lowest BCUT2D eigenvalue weighted by molar-refractivity contribution is 0.669. The zero-order chi connectivity index (χ0) is 35.8.